The largest absolute Gasteiger partial charge is 0.477 e. The maximum Gasteiger partial charge on any atom is 0.352 e. The van der Waals surface area contributed by atoms with E-state index in [1.807, 2.05) is 66.7 Å². The average molecular weight is 381 g/mol. The molecule has 0 saturated heterocycles. The van der Waals surface area contributed by atoms with Crippen molar-refractivity contribution in [3.05, 3.63) is 94.5 Å². The fourth-order valence-corrected chi connectivity index (χ4v) is 4.07. The Kier molecular flexibility index (Phi) is 4.72. The Hall–Kier alpha value is -3.73. The van der Waals surface area contributed by atoms with E-state index in [4.69, 9.17) is 6.42 Å². The van der Waals surface area contributed by atoms with E-state index in [1.165, 1.54) is 11.3 Å². The van der Waals surface area contributed by atoms with Crippen molar-refractivity contribution in [2.24, 2.45) is 0 Å². The van der Waals surface area contributed by atoms with Crippen LogP contribution in [0.5, 0.6) is 0 Å². The summed E-state index contributed by atoms with van der Waals surface area (Å²) in [6, 6.07) is 22.3. The third kappa shape index (κ3) is 3.30. The second-order valence-electron chi connectivity index (χ2n) is 6.16. The van der Waals surface area contributed by atoms with Crippen LogP contribution in [-0.2, 0) is 0 Å². The molecule has 0 amide bonds. The Morgan fingerprint density at radius 3 is 2.32 bits per heavy atom. The molecule has 0 saturated carbocycles. The highest BCUT2D eigenvalue weighted by Gasteiger charge is 2.23. The summed E-state index contributed by atoms with van der Waals surface area (Å²) in [5.74, 6) is 8.04. The van der Waals surface area contributed by atoms with Crippen molar-refractivity contribution in [3.8, 4) is 24.2 Å². The van der Waals surface area contributed by atoms with Gasteiger partial charge in [-0.05, 0) is 29.8 Å². The molecule has 0 aliphatic carbocycles. The maximum atomic E-state index is 11.8. The Bertz CT molecular complexity index is 1250. The highest BCUT2D eigenvalue weighted by molar-refractivity contribution is 7.19. The molecule has 0 spiro atoms. The van der Waals surface area contributed by atoms with Gasteiger partial charge >= 0.3 is 5.97 Å². The van der Waals surface area contributed by atoms with Crippen LogP contribution in [0.25, 0.3) is 10.2 Å². The quantitative estimate of drug-likeness (QED) is 0.506. The lowest BCUT2D eigenvalue weighted by Crippen LogP contribution is -2.14. The first-order valence-electron chi connectivity index (χ1n) is 8.63. The van der Waals surface area contributed by atoms with Gasteiger partial charge < -0.3 is 9.67 Å². The van der Waals surface area contributed by atoms with Gasteiger partial charge in [-0.1, -0.05) is 66.3 Å². The van der Waals surface area contributed by atoms with E-state index in [0.717, 1.165) is 26.2 Å². The summed E-state index contributed by atoms with van der Waals surface area (Å²) in [5, 5.41) is 9.68. The fraction of sp³-hybridized carbons (Fsp3) is 0.0417. The van der Waals surface area contributed by atoms with Crippen molar-refractivity contribution >= 4 is 27.5 Å². The Labute approximate surface area is 166 Å². The van der Waals surface area contributed by atoms with Crippen molar-refractivity contribution in [2.45, 2.75) is 6.04 Å². The van der Waals surface area contributed by atoms with Gasteiger partial charge in [0.05, 0.1) is 15.1 Å². The van der Waals surface area contributed by atoms with Gasteiger partial charge in [-0.15, -0.1) is 17.8 Å². The first-order valence-corrected chi connectivity index (χ1v) is 9.45. The summed E-state index contributed by atoms with van der Waals surface area (Å²) in [5.41, 5.74) is 2.76. The maximum absolute atomic E-state index is 11.8. The molecule has 28 heavy (non-hydrogen) atoms. The zero-order chi connectivity index (χ0) is 19.5. The number of aromatic nitrogens is 1. The minimum atomic E-state index is -1.00. The van der Waals surface area contributed by atoms with Crippen LogP contribution >= 0.6 is 11.3 Å². The molecule has 2 heterocycles. The Morgan fingerprint density at radius 2 is 1.68 bits per heavy atom. The zero-order valence-electron chi connectivity index (χ0n) is 14.8. The van der Waals surface area contributed by atoms with Crippen molar-refractivity contribution in [2.75, 3.05) is 0 Å². The molecule has 1 N–H and O–H groups in total. The number of aromatic carboxylic acids is 1. The van der Waals surface area contributed by atoms with Crippen LogP contribution in [0.2, 0.25) is 0 Å². The Balaban J connectivity index is 1.84. The summed E-state index contributed by atoms with van der Waals surface area (Å²) in [6.45, 7) is 0. The number of hydrogen-bond acceptors (Lipinski definition) is 2. The molecule has 0 aliphatic rings. The monoisotopic (exact) mass is 381 g/mol. The van der Waals surface area contributed by atoms with Crippen LogP contribution in [0.3, 0.4) is 0 Å². The molecule has 4 aromatic rings. The topological polar surface area (TPSA) is 42.2 Å². The minimum absolute atomic E-state index is 0.177. The number of benzene rings is 2. The lowest BCUT2D eigenvalue weighted by atomic mass is 10.1. The molecular weight excluding hydrogens is 366 g/mol. The number of hydrogen-bond donors (Lipinski definition) is 1. The van der Waals surface area contributed by atoms with Crippen LogP contribution in [0.15, 0.2) is 72.8 Å². The van der Waals surface area contributed by atoms with Crippen LogP contribution in [0.4, 0.5) is 0 Å². The van der Waals surface area contributed by atoms with E-state index >= 15 is 0 Å². The SMILES string of the molecule is C#CC(c1ccccc1)n1c(C(=O)O)cc2sc(C#Cc3ccccc3)cc21. The molecule has 4 heteroatoms. The second-order valence-corrected chi connectivity index (χ2v) is 7.24. The van der Waals surface area contributed by atoms with Gasteiger partial charge in [0, 0.05) is 5.56 Å². The van der Waals surface area contributed by atoms with Crippen molar-refractivity contribution in [1.82, 2.24) is 4.57 Å². The Morgan fingerprint density at radius 1 is 1.00 bits per heavy atom. The lowest BCUT2D eigenvalue weighted by Gasteiger charge is -2.16. The highest BCUT2D eigenvalue weighted by atomic mass is 32.1. The van der Waals surface area contributed by atoms with Crippen LogP contribution in [0, 0.1) is 24.2 Å². The van der Waals surface area contributed by atoms with Gasteiger partial charge in [0.15, 0.2) is 0 Å². The summed E-state index contributed by atoms with van der Waals surface area (Å²) >= 11 is 1.47. The number of thiophene rings is 1. The predicted molar refractivity (Wildman–Crippen MR) is 113 cm³/mol. The molecule has 0 bridgehead atoms. The van der Waals surface area contributed by atoms with E-state index in [2.05, 4.69) is 17.8 Å². The number of fused-ring (bicyclic) bond motifs is 1. The van der Waals surface area contributed by atoms with Crippen molar-refractivity contribution in [1.29, 1.82) is 0 Å². The molecule has 0 radical (unpaired) electrons. The standard InChI is InChI=1S/C24H15NO2S/c1-2-20(18-11-7-4-8-12-18)25-21-15-19(14-13-17-9-5-3-6-10-17)28-23(21)16-22(25)24(26)27/h1,3-12,15-16,20H,(H,26,27). The van der Waals surface area contributed by atoms with Crippen LogP contribution < -0.4 is 0 Å². The van der Waals surface area contributed by atoms with E-state index in [-0.39, 0.29) is 5.69 Å². The van der Waals surface area contributed by atoms with Crippen LogP contribution in [-0.4, -0.2) is 15.6 Å². The van der Waals surface area contributed by atoms with Crippen molar-refractivity contribution < 1.29 is 9.90 Å². The summed E-state index contributed by atoms with van der Waals surface area (Å²) < 4.78 is 2.56. The van der Waals surface area contributed by atoms with E-state index in [9.17, 15) is 9.90 Å². The minimum Gasteiger partial charge on any atom is -0.477 e. The number of terminal acetylenes is 1. The summed E-state index contributed by atoms with van der Waals surface area (Å²) in [6.07, 6.45) is 5.81. The molecule has 1 atom stereocenters. The van der Waals surface area contributed by atoms with Crippen molar-refractivity contribution in [3.63, 3.8) is 0 Å². The number of rotatable bonds is 3. The van der Waals surface area contributed by atoms with Gasteiger partial charge in [0.2, 0.25) is 0 Å². The highest BCUT2D eigenvalue weighted by Crippen LogP contribution is 2.33. The van der Waals surface area contributed by atoms with E-state index in [1.54, 1.807) is 10.6 Å². The molecular formula is C24H15NO2S. The summed E-state index contributed by atoms with van der Waals surface area (Å²) in [4.78, 5) is 12.7. The number of carbonyl (C=O) groups is 1. The van der Waals surface area contributed by atoms with E-state index < -0.39 is 12.0 Å². The summed E-state index contributed by atoms with van der Waals surface area (Å²) in [7, 11) is 0. The molecule has 2 aromatic heterocycles. The fourth-order valence-electron chi connectivity index (χ4n) is 3.13. The first kappa shape index (κ1) is 17.7. The third-order valence-electron chi connectivity index (χ3n) is 4.38. The average Bonchev–Trinajstić information content (AvgIpc) is 3.27. The van der Waals surface area contributed by atoms with Crippen LogP contribution in [0.1, 0.15) is 32.5 Å². The third-order valence-corrected chi connectivity index (χ3v) is 5.37. The lowest BCUT2D eigenvalue weighted by molar-refractivity contribution is 0.0685. The molecule has 2 aromatic carbocycles. The zero-order valence-corrected chi connectivity index (χ0v) is 15.6. The molecule has 134 valence electrons. The molecule has 3 nitrogen and oxygen atoms in total. The predicted octanol–water partition coefficient (Wildman–Crippen LogP) is 5.02. The molecule has 4 rings (SSSR count). The van der Waals surface area contributed by atoms with Gasteiger partial charge in [-0.2, -0.15) is 0 Å². The second kappa shape index (κ2) is 7.48. The van der Waals surface area contributed by atoms with E-state index in [0.29, 0.717) is 0 Å². The number of carboxylic acids is 1. The molecule has 0 aliphatic heterocycles. The molecule has 1 unspecified atom stereocenters. The van der Waals surface area contributed by atoms with Gasteiger partial charge in [-0.25, -0.2) is 4.79 Å². The smallest absolute Gasteiger partial charge is 0.352 e. The normalized spacial score (nSPS) is 11.4. The number of nitrogens with zero attached hydrogens (tertiary/aromatic N) is 1. The van der Waals surface area contributed by atoms with Gasteiger partial charge in [0.1, 0.15) is 11.7 Å². The molecule has 0 fully saturated rings. The van der Waals surface area contributed by atoms with Gasteiger partial charge in [-0.3, -0.25) is 0 Å². The number of carboxylic acid groups (broad SMARTS) is 1. The van der Waals surface area contributed by atoms with Gasteiger partial charge in [0.25, 0.3) is 0 Å². The first-order chi connectivity index (χ1) is 13.7.